The fraction of sp³-hybridized carbons (Fsp3) is 0.217. The lowest BCUT2D eigenvalue weighted by molar-refractivity contribution is -0.117. The number of rotatable bonds is 7. The van der Waals surface area contributed by atoms with Crippen molar-refractivity contribution in [2.24, 2.45) is 0 Å². The quantitative estimate of drug-likeness (QED) is 0.648. The minimum absolute atomic E-state index is 0.132. The van der Waals surface area contributed by atoms with E-state index in [4.69, 9.17) is 4.74 Å². The Balaban J connectivity index is 1.60. The van der Waals surface area contributed by atoms with E-state index < -0.39 is 0 Å². The lowest BCUT2D eigenvalue weighted by atomic mass is 10.1. The first kappa shape index (κ1) is 20.4. The Hall–Kier alpha value is -3.38. The van der Waals surface area contributed by atoms with Gasteiger partial charge in [0.15, 0.2) is 0 Å². The molecule has 6 nitrogen and oxygen atoms in total. The van der Waals surface area contributed by atoms with Crippen LogP contribution in [0.4, 0.5) is 5.69 Å². The number of nitrogens with one attached hydrogen (secondary N) is 2. The zero-order valence-electron chi connectivity index (χ0n) is 16.9. The molecule has 0 heterocycles. The first-order valence-corrected chi connectivity index (χ1v) is 9.35. The van der Waals surface area contributed by atoms with Crippen LogP contribution in [0.15, 0.2) is 60.7 Å². The van der Waals surface area contributed by atoms with Crippen LogP contribution in [-0.2, 0) is 11.3 Å². The Labute approximate surface area is 170 Å². The summed E-state index contributed by atoms with van der Waals surface area (Å²) in [5.74, 6) is 0.513. The molecule has 6 heteroatoms. The number of anilines is 1. The third-order valence-corrected chi connectivity index (χ3v) is 4.61. The van der Waals surface area contributed by atoms with E-state index in [0.29, 0.717) is 17.8 Å². The van der Waals surface area contributed by atoms with Crippen molar-refractivity contribution in [1.82, 2.24) is 10.2 Å². The number of carbonyl (C=O) groups is 2. The highest BCUT2D eigenvalue weighted by Crippen LogP contribution is 2.22. The molecule has 0 saturated carbocycles. The van der Waals surface area contributed by atoms with Crippen molar-refractivity contribution < 1.29 is 14.3 Å². The van der Waals surface area contributed by atoms with Crippen LogP contribution in [0, 0.1) is 0 Å². The van der Waals surface area contributed by atoms with E-state index in [0.717, 1.165) is 22.1 Å². The number of methoxy groups -OCH3 is 1. The number of fused-ring (bicyclic) bond motifs is 1. The summed E-state index contributed by atoms with van der Waals surface area (Å²) < 4.78 is 5.26. The highest BCUT2D eigenvalue weighted by Gasteiger charge is 2.10. The summed E-state index contributed by atoms with van der Waals surface area (Å²) >= 11 is 0. The van der Waals surface area contributed by atoms with Crippen molar-refractivity contribution in [3.05, 3.63) is 71.8 Å². The van der Waals surface area contributed by atoms with Crippen molar-refractivity contribution in [2.45, 2.75) is 6.54 Å². The van der Waals surface area contributed by atoms with Crippen molar-refractivity contribution in [3.63, 3.8) is 0 Å². The number of ether oxygens (including phenoxy) is 1. The average Bonchev–Trinajstić information content (AvgIpc) is 2.72. The molecule has 0 bridgehead atoms. The van der Waals surface area contributed by atoms with Gasteiger partial charge < -0.3 is 15.4 Å². The monoisotopic (exact) mass is 391 g/mol. The number of benzene rings is 3. The lowest BCUT2D eigenvalue weighted by Gasteiger charge is -2.17. The number of hydrogen-bond acceptors (Lipinski definition) is 4. The van der Waals surface area contributed by atoms with Crippen molar-refractivity contribution in [2.75, 3.05) is 33.1 Å². The van der Waals surface area contributed by atoms with Gasteiger partial charge in [0.05, 0.1) is 13.7 Å². The Kier molecular flexibility index (Phi) is 6.46. The Morgan fingerprint density at radius 1 is 1.00 bits per heavy atom. The Morgan fingerprint density at radius 3 is 2.52 bits per heavy atom. The fourth-order valence-electron chi connectivity index (χ4n) is 3.19. The molecule has 0 fully saturated rings. The number of carbonyl (C=O) groups excluding carboxylic acids is 2. The maximum atomic E-state index is 12.4. The maximum Gasteiger partial charge on any atom is 0.251 e. The van der Waals surface area contributed by atoms with Gasteiger partial charge in [-0.25, -0.2) is 0 Å². The van der Waals surface area contributed by atoms with Gasteiger partial charge in [0, 0.05) is 24.8 Å². The zero-order valence-corrected chi connectivity index (χ0v) is 16.9. The summed E-state index contributed by atoms with van der Waals surface area (Å²) in [6.07, 6.45) is 0. The van der Waals surface area contributed by atoms with Crippen LogP contribution in [0.25, 0.3) is 10.8 Å². The summed E-state index contributed by atoms with van der Waals surface area (Å²) in [6, 6.07) is 19.1. The molecule has 3 rings (SSSR count). The van der Waals surface area contributed by atoms with E-state index in [1.54, 1.807) is 38.4 Å². The molecule has 0 aliphatic rings. The van der Waals surface area contributed by atoms with Crippen molar-refractivity contribution in [1.29, 1.82) is 0 Å². The van der Waals surface area contributed by atoms with Gasteiger partial charge in [0.25, 0.3) is 5.91 Å². The predicted molar refractivity (Wildman–Crippen MR) is 115 cm³/mol. The molecule has 29 heavy (non-hydrogen) atoms. The van der Waals surface area contributed by atoms with Crippen LogP contribution in [0.2, 0.25) is 0 Å². The van der Waals surface area contributed by atoms with Crippen LogP contribution in [-0.4, -0.2) is 44.5 Å². The first-order valence-electron chi connectivity index (χ1n) is 9.35. The minimum atomic E-state index is -0.188. The molecular formula is C23H25N3O3. The van der Waals surface area contributed by atoms with Gasteiger partial charge in [-0.05, 0) is 59.8 Å². The smallest absolute Gasteiger partial charge is 0.251 e. The molecule has 0 radical (unpaired) electrons. The molecule has 0 spiro atoms. The van der Waals surface area contributed by atoms with Gasteiger partial charge in [0.1, 0.15) is 5.75 Å². The number of likely N-dealkylation sites (N-methyl/N-ethyl adjacent to an activating group) is 1. The molecule has 3 aromatic rings. The van der Waals surface area contributed by atoms with Gasteiger partial charge in [-0.15, -0.1) is 0 Å². The first-order chi connectivity index (χ1) is 14.0. The lowest BCUT2D eigenvalue weighted by Crippen LogP contribution is -2.30. The molecule has 2 amide bonds. The summed E-state index contributed by atoms with van der Waals surface area (Å²) in [7, 11) is 5.13. The fourth-order valence-corrected chi connectivity index (χ4v) is 3.19. The Morgan fingerprint density at radius 2 is 1.76 bits per heavy atom. The van der Waals surface area contributed by atoms with Crippen molar-refractivity contribution in [3.8, 4) is 5.75 Å². The second kappa shape index (κ2) is 9.21. The van der Waals surface area contributed by atoms with Crippen molar-refractivity contribution >= 4 is 28.3 Å². The van der Waals surface area contributed by atoms with E-state index in [9.17, 15) is 9.59 Å². The largest absolute Gasteiger partial charge is 0.497 e. The summed E-state index contributed by atoms with van der Waals surface area (Å²) in [5.41, 5.74) is 2.23. The SMILES string of the molecule is CNC(=O)c1cccc(NC(=O)CN(C)Cc2ccc3cc(OC)ccc3c2)c1. The van der Waals surface area contributed by atoms with E-state index in [1.807, 2.05) is 30.1 Å². The normalized spacial score (nSPS) is 10.8. The molecular weight excluding hydrogens is 366 g/mol. The minimum Gasteiger partial charge on any atom is -0.497 e. The van der Waals surface area contributed by atoms with Gasteiger partial charge in [-0.3, -0.25) is 14.5 Å². The van der Waals surface area contributed by atoms with Crippen LogP contribution in [0.1, 0.15) is 15.9 Å². The van der Waals surface area contributed by atoms with E-state index in [1.165, 1.54) is 0 Å². The number of hydrogen-bond donors (Lipinski definition) is 2. The van der Waals surface area contributed by atoms with Crippen LogP contribution < -0.4 is 15.4 Å². The molecule has 2 N–H and O–H groups in total. The Bertz CT molecular complexity index is 1030. The van der Waals surface area contributed by atoms with Gasteiger partial charge in [0.2, 0.25) is 5.91 Å². The van der Waals surface area contributed by atoms with Crippen LogP contribution in [0.3, 0.4) is 0 Å². The second-order valence-corrected chi connectivity index (χ2v) is 6.93. The molecule has 0 aliphatic heterocycles. The maximum absolute atomic E-state index is 12.4. The summed E-state index contributed by atoms with van der Waals surface area (Å²) in [4.78, 5) is 26.0. The number of amides is 2. The highest BCUT2D eigenvalue weighted by molar-refractivity contribution is 5.97. The van der Waals surface area contributed by atoms with Gasteiger partial charge in [-0.1, -0.05) is 24.3 Å². The van der Waals surface area contributed by atoms with Gasteiger partial charge >= 0.3 is 0 Å². The third kappa shape index (κ3) is 5.33. The zero-order chi connectivity index (χ0) is 20.8. The van der Waals surface area contributed by atoms with Crippen LogP contribution >= 0.6 is 0 Å². The molecule has 0 saturated heterocycles. The van der Waals surface area contributed by atoms with Crippen LogP contribution in [0.5, 0.6) is 5.75 Å². The molecule has 0 aromatic heterocycles. The third-order valence-electron chi connectivity index (χ3n) is 4.61. The van der Waals surface area contributed by atoms with E-state index >= 15 is 0 Å². The molecule has 150 valence electrons. The number of nitrogens with zero attached hydrogens (tertiary/aromatic N) is 1. The molecule has 0 unspecified atom stereocenters. The van der Waals surface area contributed by atoms with Gasteiger partial charge in [-0.2, -0.15) is 0 Å². The highest BCUT2D eigenvalue weighted by atomic mass is 16.5. The average molecular weight is 391 g/mol. The topological polar surface area (TPSA) is 70.7 Å². The second-order valence-electron chi connectivity index (χ2n) is 6.93. The predicted octanol–water partition coefficient (Wildman–Crippen LogP) is 3.28. The molecule has 3 aromatic carbocycles. The molecule has 0 atom stereocenters. The standard InChI is InChI=1S/C23H25N3O3/c1-24-23(28)19-5-4-6-20(12-19)25-22(27)15-26(2)14-16-7-8-18-13-21(29-3)10-9-17(18)11-16/h4-13H,14-15H2,1-3H3,(H,24,28)(H,25,27). The van der Waals surface area contributed by atoms with E-state index in [-0.39, 0.29) is 18.4 Å². The summed E-state index contributed by atoms with van der Waals surface area (Å²) in [5, 5.41) is 7.67. The van der Waals surface area contributed by atoms with E-state index in [2.05, 4.69) is 28.8 Å². The molecule has 0 aliphatic carbocycles. The summed E-state index contributed by atoms with van der Waals surface area (Å²) in [6.45, 7) is 0.887.